The maximum Gasteiger partial charge on any atom is 0.412 e. The second kappa shape index (κ2) is 7.62. The van der Waals surface area contributed by atoms with Crippen LogP contribution in [0, 0.1) is 0 Å². The summed E-state index contributed by atoms with van der Waals surface area (Å²) in [6.45, 7) is 5.26. The number of pyridine rings is 1. The van der Waals surface area contributed by atoms with Gasteiger partial charge in [0.1, 0.15) is 5.60 Å². The van der Waals surface area contributed by atoms with E-state index in [-0.39, 0.29) is 22.9 Å². The van der Waals surface area contributed by atoms with Crippen molar-refractivity contribution in [1.29, 1.82) is 0 Å². The first-order valence-electron chi connectivity index (χ1n) is 7.05. The summed E-state index contributed by atoms with van der Waals surface area (Å²) >= 11 is 0. The Balaban J connectivity index is 3.07. The van der Waals surface area contributed by atoms with Gasteiger partial charge in [-0.2, -0.15) is 0 Å². The average molecular weight is 321 g/mol. The van der Waals surface area contributed by atoms with Crippen molar-refractivity contribution < 1.29 is 19.1 Å². The number of amides is 1. The minimum absolute atomic E-state index is 0.258. The Morgan fingerprint density at radius 2 is 1.96 bits per heavy atom. The lowest BCUT2D eigenvalue weighted by Crippen LogP contribution is -2.27. The summed E-state index contributed by atoms with van der Waals surface area (Å²) in [5.41, 5.74) is -0.117. The van der Waals surface area contributed by atoms with Crippen LogP contribution in [0.3, 0.4) is 0 Å². The third kappa shape index (κ3) is 6.37. The standard InChI is InChI=1S/C16H23N3O4/c1-16(2,3)23-15(21)18-12-10-17-14(22-6)9-11(12)13(20)7-8-19(4)5/h7-10H,1-6H3,(H,18,21). The van der Waals surface area contributed by atoms with Crippen molar-refractivity contribution in [2.45, 2.75) is 26.4 Å². The molecule has 1 N–H and O–H groups in total. The van der Waals surface area contributed by atoms with Crippen LogP contribution in [0.5, 0.6) is 5.88 Å². The zero-order chi connectivity index (χ0) is 17.6. The molecule has 0 aromatic carbocycles. The number of nitrogens with zero attached hydrogens (tertiary/aromatic N) is 2. The third-order valence-corrected chi connectivity index (χ3v) is 2.51. The van der Waals surface area contributed by atoms with Crippen LogP contribution in [0.1, 0.15) is 31.1 Å². The van der Waals surface area contributed by atoms with Gasteiger partial charge in [-0.25, -0.2) is 9.78 Å². The van der Waals surface area contributed by atoms with E-state index in [1.807, 2.05) is 0 Å². The summed E-state index contributed by atoms with van der Waals surface area (Å²) in [7, 11) is 5.06. The summed E-state index contributed by atoms with van der Waals surface area (Å²) < 4.78 is 10.2. The van der Waals surface area contributed by atoms with Crippen LogP contribution in [-0.4, -0.2) is 48.6 Å². The molecule has 0 aliphatic heterocycles. The van der Waals surface area contributed by atoms with Crippen molar-refractivity contribution >= 4 is 17.6 Å². The fraction of sp³-hybridized carbons (Fsp3) is 0.438. The molecule has 0 unspecified atom stereocenters. The molecule has 0 radical (unpaired) electrons. The second-order valence-corrected chi connectivity index (χ2v) is 6.04. The van der Waals surface area contributed by atoms with E-state index in [4.69, 9.17) is 9.47 Å². The smallest absolute Gasteiger partial charge is 0.412 e. The van der Waals surface area contributed by atoms with Crippen molar-refractivity contribution in [1.82, 2.24) is 9.88 Å². The lowest BCUT2D eigenvalue weighted by Gasteiger charge is -2.20. The normalized spacial score (nSPS) is 11.2. The minimum Gasteiger partial charge on any atom is -0.481 e. The predicted molar refractivity (Wildman–Crippen MR) is 87.8 cm³/mol. The molecule has 0 saturated carbocycles. The molecular weight excluding hydrogens is 298 g/mol. The molecular formula is C16H23N3O4. The number of ketones is 1. The first kappa shape index (κ1) is 18.5. The molecule has 0 bridgehead atoms. The van der Waals surface area contributed by atoms with Gasteiger partial charge in [0.2, 0.25) is 5.88 Å². The van der Waals surface area contributed by atoms with Gasteiger partial charge < -0.3 is 14.4 Å². The van der Waals surface area contributed by atoms with Crippen molar-refractivity contribution in [2.24, 2.45) is 0 Å². The van der Waals surface area contributed by atoms with Gasteiger partial charge in [0.15, 0.2) is 5.78 Å². The Bertz CT molecular complexity index is 604. The Morgan fingerprint density at radius 1 is 1.30 bits per heavy atom. The highest BCUT2D eigenvalue weighted by atomic mass is 16.6. The summed E-state index contributed by atoms with van der Waals surface area (Å²) in [6, 6.07) is 1.47. The maximum absolute atomic E-state index is 12.3. The van der Waals surface area contributed by atoms with E-state index in [0.717, 1.165) is 0 Å². The number of rotatable bonds is 5. The van der Waals surface area contributed by atoms with Gasteiger partial charge in [-0.05, 0) is 20.8 Å². The van der Waals surface area contributed by atoms with Crippen LogP contribution >= 0.6 is 0 Å². The fourth-order valence-electron chi connectivity index (χ4n) is 1.57. The largest absolute Gasteiger partial charge is 0.481 e. The first-order chi connectivity index (χ1) is 10.6. The van der Waals surface area contributed by atoms with Gasteiger partial charge in [0, 0.05) is 32.4 Å². The van der Waals surface area contributed by atoms with Gasteiger partial charge in [0.05, 0.1) is 24.6 Å². The van der Waals surface area contributed by atoms with Crippen LogP contribution in [0.25, 0.3) is 0 Å². The molecule has 1 aromatic rings. The molecule has 0 saturated heterocycles. The predicted octanol–water partition coefficient (Wildman–Crippen LogP) is 2.70. The van der Waals surface area contributed by atoms with Gasteiger partial charge >= 0.3 is 6.09 Å². The number of nitrogens with one attached hydrogen (secondary N) is 1. The molecule has 1 aromatic heterocycles. The molecule has 7 nitrogen and oxygen atoms in total. The summed E-state index contributed by atoms with van der Waals surface area (Å²) in [4.78, 5) is 29.9. The van der Waals surface area contributed by atoms with Crippen molar-refractivity contribution in [3.8, 4) is 5.88 Å². The zero-order valence-electron chi connectivity index (χ0n) is 14.3. The van der Waals surface area contributed by atoms with Gasteiger partial charge in [0.25, 0.3) is 0 Å². The topological polar surface area (TPSA) is 80.8 Å². The van der Waals surface area contributed by atoms with E-state index >= 15 is 0 Å². The fourth-order valence-corrected chi connectivity index (χ4v) is 1.57. The maximum atomic E-state index is 12.3. The van der Waals surface area contributed by atoms with Gasteiger partial charge in [-0.1, -0.05) is 0 Å². The SMILES string of the molecule is COc1cc(C(=O)C=CN(C)C)c(NC(=O)OC(C)(C)C)cn1. The minimum atomic E-state index is -0.657. The molecule has 0 atom stereocenters. The van der Waals surface area contributed by atoms with E-state index in [1.165, 1.54) is 25.4 Å². The lowest BCUT2D eigenvalue weighted by atomic mass is 10.1. The quantitative estimate of drug-likeness (QED) is 0.663. The number of anilines is 1. The molecule has 7 heteroatoms. The molecule has 1 rings (SSSR count). The molecule has 1 heterocycles. The number of hydrogen-bond donors (Lipinski definition) is 1. The monoisotopic (exact) mass is 321 g/mol. The molecule has 0 fully saturated rings. The molecule has 1 amide bonds. The number of hydrogen-bond acceptors (Lipinski definition) is 6. The Morgan fingerprint density at radius 3 is 2.48 bits per heavy atom. The number of carbonyl (C=O) groups is 2. The van der Waals surface area contributed by atoms with Crippen molar-refractivity contribution in [2.75, 3.05) is 26.5 Å². The number of ether oxygens (including phenoxy) is 2. The van der Waals surface area contributed by atoms with Crippen LogP contribution in [0.4, 0.5) is 10.5 Å². The van der Waals surface area contributed by atoms with Crippen LogP contribution in [0.2, 0.25) is 0 Å². The van der Waals surface area contributed by atoms with E-state index in [0.29, 0.717) is 0 Å². The molecule has 0 aliphatic carbocycles. The van der Waals surface area contributed by atoms with Crippen molar-refractivity contribution in [3.63, 3.8) is 0 Å². The molecule has 23 heavy (non-hydrogen) atoms. The molecule has 126 valence electrons. The second-order valence-electron chi connectivity index (χ2n) is 6.04. The number of allylic oxidation sites excluding steroid dienone is 1. The van der Waals surface area contributed by atoms with E-state index in [2.05, 4.69) is 10.3 Å². The Kier molecular flexibility index (Phi) is 6.12. The number of carbonyl (C=O) groups excluding carboxylic acids is 2. The Labute approximate surface area is 136 Å². The van der Waals surface area contributed by atoms with Crippen LogP contribution < -0.4 is 10.1 Å². The molecule has 0 aliphatic rings. The van der Waals surface area contributed by atoms with Gasteiger partial charge in [-0.15, -0.1) is 0 Å². The first-order valence-corrected chi connectivity index (χ1v) is 7.05. The summed E-state index contributed by atoms with van der Waals surface area (Å²) in [5.74, 6) is -0.00759. The van der Waals surface area contributed by atoms with E-state index in [1.54, 1.807) is 46.0 Å². The van der Waals surface area contributed by atoms with E-state index < -0.39 is 11.7 Å². The molecule has 0 spiro atoms. The highest BCUT2D eigenvalue weighted by molar-refractivity contribution is 6.10. The average Bonchev–Trinajstić information content (AvgIpc) is 2.43. The van der Waals surface area contributed by atoms with Gasteiger partial charge in [-0.3, -0.25) is 10.1 Å². The number of aromatic nitrogens is 1. The van der Waals surface area contributed by atoms with E-state index in [9.17, 15) is 9.59 Å². The highest BCUT2D eigenvalue weighted by Crippen LogP contribution is 2.21. The van der Waals surface area contributed by atoms with Crippen molar-refractivity contribution in [3.05, 3.63) is 30.1 Å². The zero-order valence-corrected chi connectivity index (χ0v) is 14.3. The van der Waals surface area contributed by atoms with Crippen LogP contribution in [-0.2, 0) is 4.74 Å². The lowest BCUT2D eigenvalue weighted by molar-refractivity contribution is 0.0636. The highest BCUT2D eigenvalue weighted by Gasteiger charge is 2.19. The Hall–Kier alpha value is -2.57. The van der Waals surface area contributed by atoms with Crippen LogP contribution in [0.15, 0.2) is 24.5 Å². The summed E-state index contributed by atoms with van der Waals surface area (Å²) in [6.07, 6.45) is 3.72. The number of methoxy groups -OCH3 is 1. The third-order valence-electron chi connectivity index (χ3n) is 2.51. The summed E-state index contributed by atoms with van der Waals surface area (Å²) in [5, 5.41) is 2.54.